The minimum atomic E-state index is 0.184. The van der Waals surface area contributed by atoms with Crippen molar-refractivity contribution in [3.8, 4) is 0 Å². The fourth-order valence-electron chi connectivity index (χ4n) is 1.78. The number of nitrogens with zero attached hydrogens (tertiary/aromatic N) is 2. The lowest BCUT2D eigenvalue weighted by Crippen LogP contribution is -2.25. The summed E-state index contributed by atoms with van der Waals surface area (Å²) < 4.78 is 0. The highest BCUT2D eigenvalue weighted by molar-refractivity contribution is 7.15. The maximum Gasteiger partial charge on any atom is 0.185 e. The number of hydrogen-bond acceptors (Lipinski definition) is 5. The SMILES string of the molecule is Cc1nc(N(C)C)sc1CNCC1(CO)CC1. The highest BCUT2D eigenvalue weighted by atomic mass is 32.1. The second kappa shape index (κ2) is 4.92. The van der Waals surface area contributed by atoms with Crippen LogP contribution in [0.25, 0.3) is 0 Å². The van der Waals surface area contributed by atoms with Gasteiger partial charge in [-0.2, -0.15) is 0 Å². The molecule has 1 heterocycles. The summed E-state index contributed by atoms with van der Waals surface area (Å²) in [6.45, 7) is 4.14. The molecule has 2 N–H and O–H groups in total. The summed E-state index contributed by atoms with van der Waals surface area (Å²) in [7, 11) is 4.03. The molecule has 2 rings (SSSR count). The molecule has 96 valence electrons. The van der Waals surface area contributed by atoms with Crippen LogP contribution in [0.4, 0.5) is 5.13 Å². The van der Waals surface area contributed by atoms with Gasteiger partial charge in [0.15, 0.2) is 5.13 Å². The number of rotatable bonds is 6. The molecule has 1 aromatic rings. The van der Waals surface area contributed by atoms with Crippen LogP contribution in [0.2, 0.25) is 0 Å². The molecule has 0 amide bonds. The molecule has 1 fully saturated rings. The summed E-state index contributed by atoms with van der Waals surface area (Å²) in [4.78, 5) is 7.85. The van der Waals surface area contributed by atoms with Crippen LogP contribution in [0.15, 0.2) is 0 Å². The van der Waals surface area contributed by atoms with Crippen molar-refractivity contribution in [2.24, 2.45) is 5.41 Å². The Hall–Kier alpha value is -0.650. The van der Waals surface area contributed by atoms with Gasteiger partial charge >= 0.3 is 0 Å². The van der Waals surface area contributed by atoms with Gasteiger partial charge in [0.2, 0.25) is 0 Å². The van der Waals surface area contributed by atoms with E-state index in [-0.39, 0.29) is 5.41 Å². The number of hydrogen-bond donors (Lipinski definition) is 2. The second-order valence-corrected chi connectivity index (χ2v) is 6.22. The lowest BCUT2D eigenvalue weighted by molar-refractivity contribution is 0.207. The van der Waals surface area contributed by atoms with Crippen molar-refractivity contribution < 1.29 is 5.11 Å². The van der Waals surface area contributed by atoms with Crippen LogP contribution in [-0.2, 0) is 6.54 Å². The Balaban J connectivity index is 1.86. The maximum absolute atomic E-state index is 9.23. The van der Waals surface area contributed by atoms with E-state index in [1.54, 1.807) is 11.3 Å². The molecule has 0 saturated heterocycles. The van der Waals surface area contributed by atoms with E-state index in [0.29, 0.717) is 6.61 Å². The van der Waals surface area contributed by atoms with Gasteiger partial charge in [0, 0.05) is 44.1 Å². The van der Waals surface area contributed by atoms with Gasteiger partial charge in [0.25, 0.3) is 0 Å². The van der Waals surface area contributed by atoms with Gasteiger partial charge in [-0.3, -0.25) is 0 Å². The van der Waals surface area contributed by atoms with Crippen LogP contribution in [0.5, 0.6) is 0 Å². The Labute approximate surface area is 107 Å². The van der Waals surface area contributed by atoms with Gasteiger partial charge in [-0.15, -0.1) is 11.3 Å². The first kappa shape index (κ1) is 12.8. The normalized spacial score (nSPS) is 17.2. The first-order chi connectivity index (χ1) is 8.06. The summed E-state index contributed by atoms with van der Waals surface area (Å²) in [6.07, 6.45) is 2.31. The van der Waals surface area contributed by atoms with Crippen LogP contribution in [-0.4, -0.2) is 37.3 Å². The first-order valence-electron chi connectivity index (χ1n) is 6.01. The predicted octanol–water partition coefficient (Wildman–Crippen LogP) is 1.38. The lowest BCUT2D eigenvalue weighted by atomic mass is 10.1. The molecule has 0 unspecified atom stereocenters. The summed E-state index contributed by atoms with van der Waals surface area (Å²) in [5.74, 6) is 0. The van der Waals surface area contributed by atoms with Gasteiger partial charge in [-0.25, -0.2) is 4.98 Å². The highest BCUT2D eigenvalue weighted by Gasteiger charge is 2.41. The molecular weight excluding hydrogens is 234 g/mol. The average molecular weight is 255 g/mol. The van der Waals surface area contributed by atoms with Crippen LogP contribution >= 0.6 is 11.3 Å². The summed E-state index contributed by atoms with van der Waals surface area (Å²) in [5, 5.41) is 13.7. The van der Waals surface area contributed by atoms with Crippen LogP contribution in [0.1, 0.15) is 23.4 Å². The monoisotopic (exact) mass is 255 g/mol. The van der Waals surface area contributed by atoms with Crippen molar-refractivity contribution in [1.82, 2.24) is 10.3 Å². The highest BCUT2D eigenvalue weighted by Crippen LogP contribution is 2.44. The number of thiazole rings is 1. The third-order valence-corrected chi connectivity index (χ3v) is 4.67. The van der Waals surface area contributed by atoms with Gasteiger partial charge in [-0.05, 0) is 19.8 Å². The third-order valence-electron chi connectivity index (χ3n) is 3.34. The fraction of sp³-hybridized carbons (Fsp3) is 0.750. The molecule has 1 saturated carbocycles. The smallest absolute Gasteiger partial charge is 0.185 e. The number of aryl methyl sites for hydroxylation is 1. The molecule has 0 aromatic carbocycles. The second-order valence-electron chi connectivity index (χ2n) is 5.16. The van der Waals surface area contributed by atoms with Crippen molar-refractivity contribution in [3.63, 3.8) is 0 Å². The van der Waals surface area contributed by atoms with E-state index in [1.165, 1.54) is 4.88 Å². The molecule has 1 aliphatic rings. The summed E-state index contributed by atoms with van der Waals surface area (Å²) in [6, 6.07) is 0. The van der Waals surface area contributed by atoms with Crippen molar-refractivity contribution in [3.05, 3.63) is 10.6 Å². The Bertz CT molecular complexity index is 385. The summed E-state index contributed by atoms with van der Waals surface area (Å²) >= 11 is 1.74. The van der Waals surface area contributed by atoms with E-state index in [0.717, 1.165) is 36.8 Å². The zero-order valence-electron chi connectivity index (χ0n) is 10.8. The number of aliphatic hydroxyl groups is 1. The minimum Gasteiger partial charge on any atom is -0.396 e. The molecule has 0 bridgehead atoms. The zero-order chi connectivity index (χ0) is 12.5. The molecule has 5 heteroatoms. The van der Waals surface area contributed by atoms with Crippen molar-refractivity contribution in [1.29, 1.82) is 0 Å². The van der Waals surface area contributed by atoms with Gasteiger partial charge in [-0.1, -0.05) is 0 Å². The van der Waals surface area contributed by atoms with Gasteiger partial charge in [0.05, 0.1) is 5.69 Å². The maximum atomic E-state index is 9.23. The topological polar surface area (TPSA) is 48.4 Å². The Morgan fingerprint density at radius 3 is 2.65 bits per heavy atom. The minimum absolute atomic E-state index is 0.184. The number of anilines is 1. The molecule has 1 aromatic heterocycles. The quantitative estimate of drug-likeness (QED) is 0.806. The molecule has 0 aliphatic heterocycles. The van der Waals surface area contributed by atoms with E-state index in [1.807, 2.05) is 19.0 Å². The lowest BCUT2D eigenvalue weighted by Gasteiger charge is -2.12. The fourth-order valence-corrected chi connectivity index (χ4v) is 2.73. The number of aliphatic hydroxyl groups excluding tert-OH is 1. The van der Waals surface area contributed by atoms with E-state index >= 15 is 0 Å². The molecular formula is C12H21N3OS. The van der Waals surface area contributed by atoms with Crippen LogP contribution < -0.4 is 10.2 Å². The molecule has 17 heavy (non-hydrogen) atoms. The van der Waals surface area contributed by atoms with E-state index < -0.39 is 0 Å². The van der Waals surface area contributed by atoms with Gasteiger partial charge < -0.3 is 15.3 Å². The van der Waals surface area contributed by atoms with Gasteiger partial charge in [0.1, 0.15) is 0 Å². The van der Waals surface area contributed by atoms with Crippen LogP contribution in [0.3, 0.4) is 0 Å². The van der Waals surface area contributed by atoms with E-state index in [2.05, 4.69) is 17.2 Å². The van der Waals surface area contributed by atoms with Crippen molar-refractivity contribution >= 4 is 16.5 Å². The van der Waals surface area contributed by atoms with Crippen molar-refractivity contribution in [2.45, 2.75) is 26.3 Å². The Morgan fingerprint density at radius 2 is 2.18 bits per heavy atom. The Kier molecular flexibility index (Phi) is 3.70. The molecule has 1 aliphatic carbocycles. The largest absolute Gasteiger partial charge is 0.396 e. The molecule has 0 spiro atoms. The van der Waals surface area contributed by atoms with Crippen LogP contribution in [0, 0.1) is 12.3 Å². The molecule has 0 radical (unpaired) electrons. The third kappa shape index (κ3) is 2.97. The number of aromatic nitrogens is 1. The van der Waals surface area contributed by atoms with Crippen molar-refractivity contribution in [2.75, 3.05) is 32.1 Å². The predicted molar refractivity (Wildman–Crippen MR) is 71.6 cm³/mol. The molecule has 0 atom stereocenters. The molecule has 4 nitrogen and oxygen atoms in total. The Morgan fingerprint density at radius 1 is 1.47 bits per heavy atom. The number of nitrogens with one attached hydrogen (secondary N) is 1. The zero-order valence-corrected chi connectivity index (χ0v) is 11.6. The van der Waals surface area contributed by atoms with E-state index in [9.17, 15) is 5.11 Å². The summed E-state index contributed by atoms with van der Waals surface area (Å²) in [5.41, 5.74) is 1.29. The standard InChI is InChI=1S/C12H21N3OS/c1-9-10(17-11(14-9)15(2)3)6-13-7-12(8-16)4-5-12/h13,16H,4-8H2,1-3H3. The van der Waals surface area contributed by atoms with E-state index in [4.69, 9.17) is 0 Å². The first-order valence-corrected chi connectivity index (χ1v) is 6.83. The average Bonchev–Trinajstić information content (AvgIpc) is 2.97.